The summed E-state index contributed by atoms with van der Waals surface area (Å²) in [5, 5.41) is 0.388. The molecule has 1 aromatic heterocycles. The molecule has 0 aliphatic rings. The van der Waals surface area contributed by atoms with Gasteiger partial charge in [-0.3, -0.25) is 4.79 Å². The Kier molecular flexibility index (Phi) is 3.68. The van der Waals surface area contributed by atoms with E-state index < -0.39 is 0 Å². The van der Waals surface area contributed by atoms with Crippen LogP contribution in [0.3, 0.4) is 0 Å². The first-order valence-corrected chi connectivity index (χ1v) is 6.38. The molecule has 0 aliphatic carbocycles. The molecule has 0 unspecified atom stereocenters. The minimum Gasteiger partial charge on any atom is -0.383 e. The number of aromatic nitrogens is 1. The maximum Gasteiger partial charge on any atom is 0.196 e. The highest BCUT2D eigenvalue weighted by Gasteiger charge is 2.14. The van der Waals surface area contributed by atoms with Crippen LogP contribution in [0.15, 0.2) is 34.9 Å². The average molecular weight is 326 g/mol. The van der Waals surface area contributed by atoms with Crippen LogP contribution in [0.4, 0.5) is 5.82 Å². The number of carbonyl (C=O) groups is 1. The second-order valence-corrected chi connectivity index (χ2v) is 5.17. The minimum atomic E-state index is -0.191. The molecule has 0 atom stereocenters. The lowest BCUT2D eigenvalue weighted by molar-refractivity contribution is 0.103. The summed E-state index contributed by atoms with van der Waals surface area (Å²) in [6.07, 6.45) is 1.42. The molecule has 0 bridgehead atoms. The number of hydrogen-bond acceptors (Lipinski definition) is 3. The standard InChI is InChI=1S/C13H10BrClN2O/c1-7-2-3-8(4-11(7)14)12(18)10-5-9(15)6-17-13(10)16/h2-6H,1H3,(H2,16,17). The summed E-state index contributed by atoms with van der Waals surface area (Å²) in [6.45, 7) is 1.95. The fourth-order valence-corrected chi connectivity index (χ4v) is 2.06. The maximum absolute atomic E-state index is 12.3. The smallest absolute Gasteiger partial charge is 0.196 e. The number of carbonyl (C=O) groups excluding carboxylic acids is 1. The van der Waals surface area contributed by atoms with Crippen molar-refractivity contribution in [1.29, 1.82) is 0 Å². The van der Waals surface area contributed by atoms with Gasteiger partial charge in [0.05, 0.1) is 10.6 Å². The van der Waals surface area contributed by atoms with Crippen LogP contribution in [-0.2, 0) is 0 Å². The van der Waals surface area contributed by atoms with Gasteiger partial charge in [0.2, 0.25) is 0 Å². The molecule has 2 N–H and O–H groups in total. The van der Waals surface area contributed by atoms with Gasteiger partial charge in [0.1, 0.15) is 5.82 Å². The number of rotatable bonds is 2. The van der Waals surface area contributed by atoms with E-state index in [4.69, 9.17) is 17.3 Å². The Hall–Kier alpha value is -1.39. The van der Waals surface area contributed by atoms with Crippen molar-refractivity contribution in [2.45, 2.75) is 6.92 Å². The van der Waals surface area contributed by atoms with E-state index in [0.29, 0.717) is 16.1 Å². The summed E-state index contributed by atoms with van der Waals surface area (Å²) in [5.74, 6) is -0.00991. The second kappa shape index (κ2) is 5.08. The van der Waals surface area contributed by atoms with Crippen LogP contribution in [0.1, 0.15) is 21.5 Å². The van der Waals surface area contributed by atoms with Gasteiger partial charge in [-0.05, 0) is 24.6 Å². The van der Waals surface area contributed by atoms with Crippen LogP contribution in [0.2, 0.25) is 5.02 Å². The second-order valence-electron chi connectivity index (χ2n) is 3.88. The number of hydrogen-bond donors (Lipinski definition) is 1. The van der Waals surface area contributed by atoms with Gasteiger partial charge >= 0.3 is 0 Å². The number of nitrogens with two attached hydrogens (primary N) is 1. The number of benzene rings is 1. The Morgan fingerprint density at radius 2 is 2.11 bits per heavy atom. The Morgan fingerprint density at radius 1 is 1.39 bits per heavy atom. The molecule has 2 aromatic rings. The van der Waals surface area contributed by atoms with Crippen molar-refractivity contribution >= 4 is 39.1 Å². The third kappa shape index (κ3) is 2.54. The van der Waals surface area contributed by atoms with E-state index in [1.165, 1.54) is 12.3 Å². The molecule has 92 valence electrons. The molecule has 0 amide bonds. The van der Waals surface area contributed by atoms with Crippen LogP contribution in [0, 0.1) is 6.92 Å². The van der Waals surface area contributed by atoms with Gasteiger partial charge < -0.3 is 5.73 Å². The van der Waals surface area contributed by atoms with E-state index in [1.807, 2.05) is 13.0 Å². The van der Waals surface area contributed by atoms with E-state index in [0.717, 1.165) is 10.0 Å². The van der Waals surface area contributed by atoms with Crippen LogP contribution >= 0.6 is 27.5 Å². The highest BCUT2D eigenvalue weighted by atomic mass is 79.9. The molecule has 2 rings (SSSR count). The number of nitrogen functional groups attached to an aromatic ring is 1. The summed E-state index contributed by atoms with van der Waals surface area (Å²) in [4.78, 5) is 16.2. The number of ketones is 1. The Bertz CT molecular complexity index is 628. The van der Waals surface area contributed by atoms with Crippen molar-refractivity contribution in [3.05, 3.63) is 56.6 Å². The van der Waals surface area contributed by atoms with E-state index in [2.05, 4.69) is 20.9 Å². The first-order valence-electron chi connectivity index (χ1n) is 5.21. The normalized spacial score (nSPS) is 10.4. The molecule has 0 spiro atoms. The van der Waals surface area contributed by atoms with Crippen LogP contribution < -0.4 is 5.73 Å². The Balaban J connectivity index is 2.47. The predicted molar refractivity (Wildman–Crippen MR) is 76.0 cm³/mol. The zero-order valence-corrected chi connectivity index (χ0v) is 11.9. The fourth-order valence-electron chi connectivity index (χ4n) is 1.52. The SMILES string of the molecule is Cc1ccc(C(=O)c2cc(Cl)cnc2N)cc1Br. The number of halogens is 2. The number of nitrogens with zero attached hydrogens (tertiary/aromatic N) is 1. The van der Waals surface area contributed by atoms with Crippen molar-refractivity contribution in [3.8, 4) is 0 Å². The maximum atomic E-state index is 12.3. The van der Waals surface area contributed by atoms with Crippen LogP contribution in [-0.4, -0.2) is 10.8 Å². The van der Waals surface area contributed by atoms with E-state index in [9.17, 15) is 4.79 Å². The lowest BCUT2D eigenvalue weighted by Gasteiger charge is -2.06. The van der Waals surface area contributed by atoms with Gasteiger partial charge in [-0.2, -0.15) is 0 Å². The molecular formula is C13H10BrClN2O. The summed E-state index contributed by atoms with van der Waals surface area (Å²) < 4.78 is 0.877. The van der Waals surface area contributed by atoms with E-state index >= 15 is 0 Å². The molecule has 18 heavy (non-hydrogen) atoms. The summed E-state index contributed by atoms with van der Waals surface area (Å²) >= 11 is 9.22. The van der Waals surface area contributed by atoms with E-state index in [1.54, 1.807) is 12.1 Å². The molecule has 3 nitrogen and oxygen atoms in total. The third-order valence-electron chi connectivity index (χ3n) is 2.56. The lowest BCUT2D eigenvalue weighted by atomic mass is 10.0. The number of anilines is 1. The Labute approximate surface area is 118 Å². The molecule has 0 saturated carbocycles. The summed E-state index contributed by atoms with van der Waals surface area (Å²) in [5.41, 5.74) is 7.61. The Morgan fingerprint density at radius 3 is 2.78 bits per heavy atom. The van der Waals surface area contributed by atoms with Gasteiger partial charge in [-0.25, -0.2) is 4.98 Å². The average Bonchev–Trinajstić information content (AvgIpc) is 2.35. The van der Waals surface area contributed by atoms with Gasteiger partial charge in [0, 0.05) is 16.2 Å². The molecule has 0 saturated heterocycles. The van der Waals surface area contributed by atoms with Crippen LogP contribution in [0.5, 0.6) is 0 Å². The van der Waals surface area contributed by atoms with Gasteiger partial charge in [0.25, 0.3) is 0 Å². The molecular weight excluding hydrogens is 316 g/mol. The largest absolute Gasteiger partial charge is 0.383 e. The van der Waals surface area contributed by atoms with Gasteiger partial charge in [-0.1, -0.05) is 39.7 Å². The first-order chi connectivity index (χ1) is 8.49. The van der Waals surface area contributed by atoms with Crippen molar-refractivity contribution in [2.24, 2.45) is 0 Å². The monoisotopic (exact) mass is 324 g/mol. The van der Waals surface area contributed by atoms with Crippen LogP contribution in [0.25, 0.3) is 0 Å². The molecule has 0 aliphatic heterocycles. The fraction of sp³-hybridized carbons (Fsp3) is 0.0769. The highest BCUT2D eigenvalue weighted by Crippen LogP contribution is 2.22. The predicted octanol–water partition coefficient (Wildman–Crippen LogP) is 3.62. The summed E-state index contributed by atoms with van der Waals surface area (Å²) in [6, 6.07) is 6.91. The first kappa shape index (κ1) is 13.1. The summed E-state index contributed by atoms with van der Waals surface area (Å²) in [7, 11) is 0. The van der Waals surface area contributed by atoms with Crippen molar-refractivity contribution in [1.82, 2.24) is 4.98 Å². The number of pyridine rings is 1. The number of aryl methyl sites for hydroxylation is 1. The lowest BCUT2D eigenvalue weighted by Crippen LogP contribution is -2.07. The van der Waals surface area contributed by atoms with Crippen molar-refractivity contribution in [2.75, 3.05) is 5.73 Å². The van der Waals surface area contributed by atoms with Gasteiger partial charge in [-0.15, -0.1) is 0 Å². The van der Waals surface area contributed by atoms with E-state index in [-0.39, 0.29) is 11.6 Å². The molecule has 1 aromatic carbocycles. The molecule has 0 radical (unpaired) electrons. The quantitative estimate of drug-likeness (QED) is 0.858. The zero-order valence-electron chi connectivity index (χ0n) is 9.58. The zero-order chi connectivity index (χ0) is 13.3. The van der Waals surface area contributed by atoms with Gasteiger partial charge in [0.15, 0.2) is 5.78 Å². The molecule has 0 fully saturated rings. The molecule has 5 heteroatoms. The molecule has 1 heterocycles. The highest BCUT2D eigenvalue weighted by molar-refractivity contribution is 9.10. The topological polar surface area (TPSA) is 56.0 Å². The third-order valence-corrected chi connectivity index (χ3v) is 3.62. The minimum absolute atomic E-state index is 0.182. The van der Waals surface area contributed by atoms with Crippen molar-refractivity contribution < 1.29 is 4.79 Å². The van der Waals surface area contributed by atoms with Crippen molar-refractivity contribution in [3.63, 3.8) is 0 Å².